The molecular formula is C9H8BrNO2S. The van der Waals surface area contributed by atoms with E-state index >= 15 is 0 Å². The topological polar surface area (TPSA) is 46.2 Å². The van der Waals surface area contributed by atoms with E-state index in [-0.39, 0.29) is 5.91 Å². The summed E-state index contributed by atoms with van der Waals surface area (Å²) in [4.78, 5) is 12.0. The quantitative estimate of drug-likeness (QED) is 0.785. The van der Waals surface area contributed by atoms with Gasteiger partial charge in [0.05, 0.1) is 21.4 Å². The average Bonchev–Trinajstić information content (AvgIpc) is 2.30. The third kappa shape index (κ3) is 1.74. The van der Waals surface area contributed by atoms with Crippen molar-refractivity contribution in [1.82, 2.24) is 0 Å². The summed E-state index contributed by atoms with van der Waals surface area (Å²) in [6, 6.07) is 5.42. The Balaban J connectivity index is 2.57. The summed E-state index contributed by atoms with van der Waals surface area (Å²) in [5, 5.41) is 2.74. The molecule has 3 nitrogen and oxygen atoms in total. The summed E-state index contributed by atoms with van der Waals surface area (Å²) in [6.45, 7) is 0. The van der Waals surface area contributed by atoms with Crippen LogP contribution in [0.2, 0.25) is 0 Å². The highest BCUT2D eigenvalue weighted by Gasteiger charge is 2.19. The smallest absolute Gasteiger partial charge is 0.225 e. The van der Waals surface area contributed by atoms with Crippen molar-refractivity contribution in [2.45, 2.75) is 11.3 Å². The van der Waals surface area contributed by atoms with Crippen molar-refractivity contribution in [3.63, 3.8) is 0 Å². The van der Waals surface area contributed by atoms with E-state index in [0.717, 1.165) is 4.47 Å². The van der Waals surface area contributed by atoms with Crippen LogP contribution in [0.1, 0.15) is 6.42 Å². The number of nitrogens with one attached hydrogen (secondary N) is 1. The fourth-order valence-corrected chi connectivity index (χ4v) is 3.12. The molecule has 0 saturated heterocycles. The number of anilines is 1. The number of halogens is 1. The van der Waals surface area contributed by atoms with Gasteiger partial charge < -0.3 is 5.32 Å². The first-order valence-electron chi connectivity index (χ1n) is 4.15. The maximum absolute atomic E-state index is 11.7. The van der Waals surface area contributed by atoms with Crippen molar-refractivity contribution < 1.29 is 9.00 Å². The first-order valence-corrected chi connectivity index (χ1v) is 6.26. The van der Waals surface area contributed by atoms with Crippen LogP contribution >= 0.6 is 15.9 Å². The minimum Gasteiger partial charge on any atom is -0.324 e. The van der Waals surface area contributed by atoms with Gasteiger partial charge in [0, 0.05) is 16.6 Å². The lowest BCUT2D eigenvalue weighted by atomic mass is 10.3. The standard InChI is InChI=1S/C9H8BrNO2S/c10-6-2-1-3-7-9(6)11-8(12)4-5-14(7)13/h1-3H,4-5H2,(H,11,12). The molecule has 1 aromatic rings. The fourth-order valence-electron chi connectivity index (χ4n) is 1.31. The van der Waals surface area contributed by atoms with Crippen molar-refractivity contribution in [1.29, 1.82) is 0 Å². The Morgan fingerprint density at radius 2 is 2.21 bits per heavy atom. The van der Waals surface area contributed by atoms with E-state index in [4.69, 9.17) is 0 Å². The summed E-state index contributed by atoms with van der Waals surface area (Å²) >= 11 is 3.32. The van der Waals surface area contributed by atoms with Gasteiger partial charge >= 0.3 is 0 Å². The van der Waals surface area contributed by atoms with Gasteiger partial charge in [-0.3, -0.25) is 9.00 Å². The Morgan fingerprint density at radius 3 is 3.00 bits per heavy atom. The molecule has 74 valence electrons. The molecule has 1 amide bonds. The zero-order valence-corrected chi connectivity index (χ0v) is 9.65. The summed E-state index contributed by atoms with van der Waals surface area (Å²) in [5.74, 6) is 0.318. The molecule has 0 aliphatic carbocycles. The van der Waals surface area contributed by atoms with E-state index in [1.54, 1.807) is 6.07 Å². The maximum atomic E-state index is 11.7. The molecule has 1 heterocycles. The first-order chi connectivity index (χ1) is 6.68. The molecule has 0 saturated carbocycles. The Hall–Kier alpha value is -0.680. The molecule has 0 aromatic heterocycles. The van der Waals surface area contributed by atoms with Crippen molar-refractivity contribution in [2.24, 2.45) is 0 Å². The van der Waals surface area contributed by atoms with E-state index < -0.39 is 10.8 Å². The van der Waals surface area contributed by atoms with Gasteiger partial charge in [-0.2, -0.15) is 0 Å². The second-order valence-electron chi connectivity index (χ2n) is 2.96. The average molecular weight is 274 g/mol. The number of amides is 1. The zero-order chi connectivity index (χ0) is 10.1. The van der Waals surface area contributed by atoms with Gasteiger partial charge in [0.1, 0.15) is 0 Å². The number of benzene rings is 1. The highest BCUT2D eigenvalue weighted by atomic mass is 79.9. The van der Waals surface area contributed by atoms with Crippen molar-refractivity contribution in [2.75, 3.05) is 11.1 Å². The molecule has 5 heteroatoms. The van der Waals surface area contributed by atoms with E-state index in [2.05, 4.69) is 21.2 Å². The molecule has 0 radical (unpaired) electrons. The largest absolute Gasteiger partial charge is 0.324 e. The first kappa shape index (κ1) is 9.86. The minimum atomic E-state index is -1.08. The van der Waals surface area contributed by atoms with E-state index in [1.165, 1.54) is 0 Å². The van der Waals surface area contributed by atoms with Crippen LogP contribution in [0.25, 0.3) is 0 Å². The third-order valence-electron chi connectivity index (χ3n) is 2.00. The number of fused-ring (bicyclic) bond motifs is 1. The predicted octanol–water partition coefficient (Wildman–Crippen LogP) is 1.90. The van der Waals surface area contributed by atoms with Gasteiger partial charge in [0.15, 0.2) is 0 Å². The molecule has 1 atom stereocenters. The van der Waals surface area contributed by atoms with Gasteiger partial charge in [0.25, 0.3) is 0 Å². The van der Waals surface area contributed by atoms with Crippen LogP contribution in [-0.4, -0.2) is 15.9 Å². The van der Waals surface area contributed by atoms with Gasteiger partial charge in [-0.1, -0.05) is 6.07 Å². The fraction of sp³-hybridized carbons (Fsp3) is 0.222. The Morgan fingerprint density at radius 1 is 1.43 bits per heavy atom. The SMILES string of the molecule is O=C1CCS(=O)c2cccc(Br)c2N1. The Labute approximate surface area is 92.5 Å². The zero-order valence-electron chi connectivity index (χ0n) is 7.25. The van der Waals surface area contributed by atoms with Crippen LogP contribution < -0.4 is 5.32 Å². The minimum absolute atomic E-state index is 0.0796. The molecule has 14 heavy (non-hydrogen) atoms. The van der Waals surface area contributed by atoms with Crippen LogP contribution in [0.3, 0.4) is 0 Å². The molecule has 0 fully saturated rings. The van der Waals surface area contributed by atoms with Crippen LogP contribution in [0.15, 0.2) is 27.6 Å². The molecule has 1 aliphatic rings. The molecular weight excluding hydrogens is 266 g/mol. The second kappa shape index (κ2) is 3.82. The van der Waals surface area contributed by atoms with Gasteiger partial charge in [-0.05, 0) is 28.1 Å². The number of hydrogen-bond acceptors (Lipinski definition) is 2. The number of carbonyl (C=O) groups is 1. The molecule has 1 aliphatic heterocycles. The van der Waals surface area contributed by atoms with E-state index in [1.807, 2.05) is 12.1 Å². The normalized spacial score (nSPS) is 20.9. The summed E-state index contributed by atoms with van der Waals surface area (Å²) in [5.41, 5.74) is 0.647. The monoisotopic (exact) mass is 273 g/mol. The summed E-state index contributed by atoms with van der Waals surface area (Å²) < 4.78 is 12.5. The predicted molar refractivity (Wildman–Crippen MR) is 58.7 cm³/mol. The van der Waals surface area contributed by atoms with Crippen molar-refractivity contribution in [3.05, 3.63) is 22.7 Å². The lowest BCUT2D eigenvalue weighted by molar-refractivity contribution is -0.115. The van der Waals surface area contributed by atoms with Crippen molar-refractivity contribution in [3.8, 4) is 0 Å². The van der Waals surface area contributed by atoms with Gasteiger partial charge in [0.2, 0.25) is 5.91 Å². The summed E-state index contributed by atoms with van der Waals surface area (Å²) in [6.07, 6.45) is 0.313. The van der Waals surface area contributed by atoms with Crippen LogP contribution in [0.4, 0.5) is 5.69 Å². The van der Waals surface area contributed by atoms with E-state index in [9.17, 15) is 9.00 Å². The molecule has 2 rings (SSSR count). The Kier molecular flexibility index (Phi) is 2.69. The van der Waals surface area contributed by atoms with Gasteiger partial charge in [-0.15, -0.1) is 0 Å². The lowest BCUT2D eigenvalue weighted by Crippen LogP contribution is -2.10. The third-order valence-corrected chi connectivity index (χ3v) is 4.07. The number of carbonyl (C=O) groups excluding carboxylic acids is 1. The Bertz CT molecular complexity index is 419. The highest BCUT2D eigenvalue weighted by Crippen LogP contribution is 2.30. The molecule has 1 unspecified atom stereocenters. The molecule has 0 bridgehead atoms. The molecule has 1 N–H and O–H groups in total. The van der Waals surface area contributed by atoms with Crippen molar-refractivity contribution >= 4 is 38.3 Å². The lowest BCUT2D eigenvalue weighted by Gasteiger charge is -2.07. The second-order valence-corrected chi connectivity index (χ2v) is 5.35. The number of hydrogen-bond donors (Lipinski definition) is 1. The van der Waals surface area contributed by atoms with Gasteiger partial charge in [-0.25, -0.2) is 0 Å². The highest BCUT2D eigenvalue weighted by molar-refractivity contribution is 9.10. The molecule has 0 spiro atoms. The number of rotatable bonds is 0. The summed E-state index contributed by atoms with van der Waals surface area (Å²) in [7, 11) is -1.08. The number of para-hydroxylation sites is 1. The maximum Gasteiger partial charge on any atom is 0.225 e. The van der Waals surface area contributed by atoms with Crippen LogP contribution in [0, 0.1) is 0 Å². The molecule has 1 aromatic carbocycles. The van der Waals surface area contributed by atoms with Crippen LogP contribution in [0.5, 0.6) is 0 Å². The van der Waals surface area contributed by atoms with E-state index in [0.29, 0.717) is 22.8 Å². The van der Waals surface area contributed by atoms with Crippen LogP contribution in [-0.2, 0) is 15.6 Å².